The minimum atomic E-state index is 0.498. The molecule has 0 saturated carbocycles. The molecule has 0 amide bonds. The fraction of sp³-hybridized carbons (Fsp3) is 0.0588. The number of aromatic nitrogens is 1. The van der Waals surface area contributed by atoms with Crippen LogP contribution in [-0.2, 0) is 0 Å². The molecule has 0 spiro atoms. The molecule has 2 aromatic carbocycles. The lowest BCUT2D eigenvalue weighted by Crippen LogP contribution is -1.98. The van der Waals surface area contributed by atoms with Crippen molar-refractivity contribution in [2.45, 2.75) is 0 Å². The second-order valence-corrected chi connectivity index (χ2v) is 5.61. The zero-order valence-corrected chi connectivity index (χ0v) is 13.4. The Morgan fingerprint density at radius 1 is 1.18 bits per heavy atom. The van der Waals surface area contributed by atoms with Crippen molar-refractivity contribution >= 4 is 38.3 Å². The summed E-state index contributed by atoms with van der Waals surface area (Å²) < 4.78 is 6.18. The van der Waals surface area contributed by atoms with Crippen LogP contribution in [0.4, 0.5) is 11.5 Å². The summed E-state index contributed by atoms with van der Waals surface area (Å²) in [6.45, 7) is 0. The number of halogens is 1. The highest BCUT2D eigenvalue weighted by molar-refractivity contribution is 9.10. The van der Waals surface area contributed by atoms with Gasteiger partial charge in [0.1, 0.15) is 17.6 Å². The lowest BCUT2D eigenvalue weighted by molar-refractivity contribution is 0.415. The van der Waals surface area contributed by atoms with Gasteiger partial charge in [-0.05, 0) is 36.4 Å². The predicted octanol–water partition coefficient (Wildman–Crippen LogP) is 4.62. The molecule has 0 fully saturated rings. The molecule has 0 aliphatic heterocycles. The summed E-state index contributed by atoms with van der Waals surface area (Å²) in [7, 11) is 1.62. The molecule has 3 aromatic rings. The van der Waals surface area contributed by atoms with Crippen LogP contribution in [-0.4, -0.2) is 12.1 Å². The van der Waals surface area contributed by atoms with Crippen LogP contribution < -0.4 is 10.1 Å². The highest BCUT2D eigenvalue weighted by Crippen LogP contribution is 2.26. The van der Waals surface area contributed by atoms with Gasteiger partial charge in [0.15, 0.2) is 0 Å². The van der Waals surface area contributed by atoms with Gasteiger partial charge in [-0.1, -0.05) is 22.0 Å². The number of rotatable bonds is 3. The Morgan fingerprint density at radius 3 is 2.77 bits per heavy atom. The van der Waals surface area contributed by atoms with Crippen LogP contribution in [0.3, 0.4) is 0 Å². The van der Waals surface area contributed by atoms with E-state index < -0.39 is 0 Å². The summed E-state index contributed by atoms with van der Waals surface area (Å²) >= 11 is 3.43. The third-order valence-electron chi connectivity index (χ3n) is 3.23. The Morgan fingerprint density at radius 2 is 2.05 bits per heavy atom. The first-order valence-corrected chi connectivity index (χ1v) is 7.40. The molecular weight excluding hydrogens is 342 g/mol. The number of hydrogen-bond acceptors (Lipinski definition) is 4. The van der Waals surface area contributed by atoms with E-state index in [2.05, 4.69) is 32.3 Å². The molecule has 1 heterocycles. The van der Waals surface area contributed by atoms with Crippen molar-refractivity contribution in [3.8, 4) is 11.8 Å². The number of fused-ring (bicyclic) bond motifs is 1. The van der Waals surface area contributed by atoms with Gasteiger partial charge in [0.25, 0.3) is 0 Å². The average Bonchev–Trinajstić information content (AvgIpc) is 2.53. The summed E-state index contributed by atoms with van der Waals surface area (Å²) in [6.07, 6.45) is 0. The van der Waals surface area contributed by atoms with Crippen molar-refractivity contribution in [2.75, 3.05) is 12.4 Å². The number of nitrogens with zero attached hydrogens (tertiary/aromatic N) is 2. The molecule has 0 aliphatic rings. The lowest BCUT2D eigenvalue weighted by Gasteiger charge is -2.10. The minimum absolute atomic E-state index is 0.498. The van der Waals surface area contributed by atoms with E-state index in [4.69, 9.17) is 4.74 Å². The highest BCUT2D eigenvalue weighted by atomic mass is 79.9. The Kier molecular flexibility index (Phi) is 3.94. The van der Waals surface area contributed by atoms with E-state index in [1.807, 2.05) is 48.5 Å². The zero-order valence-electron chi connectivity index (χ0n) is 11.8. The number of nitrogens with one attached hydrogen (secondary N) is 1. The lowest BCUT2D eigenvalue weighted by atomic mass is 10.1. The van der Waals surface area contributed by atoms with Crippen molar-refractivity contribution in [3.63, 3.8) is 0 Å². The SMILES string of the molecule is COc1ccc2cc(C#N)c(Nc3cccc(Br)c3)nc2c1. The Balaban J connectivity index is 2.09. The number of methoxy groups -OCH3 is 1. The number of benzene rings is 2. The van der Waals surface area contributed by atoms with Gasteiger partial charge in [-0.2, -0.15) is 5.26 Å². The van der Waals surface area contributed by atoms with E-state index >= 15 is 0 Å². The topological polar surface area (TPSA) is 57.9 Å². The van der Waals surface area contributed by atoms with Crippen molar-refractivity contribution in [1.82, 2.24) is 4.98 Å². The molecule has 1 N–H and O–H groups in total. The van der Waals surface area contributed by atoms with Gasteiger partial charge < -0.3 is 10.1 Å². The van der Waals surface area contributed by atoms with E-state index in [-0.39, 0.29) is 0 Å². The second-order valence-electron chi connectivity index (χ2n) is 4.69. The molecule has 3 rings (SSSR count). The Bertz CT molecular complexity index is 887. The molecule has 22 heavy (non-hydrogen) atoms. The van der Waals surface area contributed by atoms with Gasteiger partial charge in [-0.15, -0.1) is 0 Å². The largest absolute Gasteiger partial charge is 0.497 e. The van der Waals surface area contributed by atoms with E-state index in [9.17, 15) is 5.26 Å². The number of hydrogen-bond donors (Lipinski definition) is 1. The van der Waals surface area contributed by atoms with Gasteiger partial charge >= 0.3 is 0 Å². The number of anilines is 2. The molecule has 0 unspecified atom stereocenters. The highest BCUT2D eigenvalue weighted by Gasteiger charge is 2.08. The summed E-state index contributed by atoms with van der Waals surface area (Å²) in [6, 6.07) is 17.3. The monoisotopic (exact) mass is 353 g/mol. The Hall–Kier alpha value is -2.58. The predicted molar refractivity (Wildman–Crippen MR) is 90.4 cm³/mol. The molecule has 1 aromatic heterocycles. The normalized spacial score (nSPS) is 10.2. The summed E-state index contributed by atoms with van der Waals surface area (Å²) in [5.41, 5.74) is 2.13. The van der Waals surface area contributed by atoms with Crippen LogP contribution in [0.5, 0.6) is 5.75 Å². The van der Waals surface area contributed by atoms with Crippen LogP contribution in [0.2, 0.25) is 0 Å². The third kappa shape index (κ3) is 2.87. The van der Waals surface area contributed by atoms with Crippen molar-refractivity contribution in [3.05, 3.63) is 58.6 Å². The van der Waals surface area contributed by atoms with E-state index in [1.165, 1.54) is 0 Å². The van der Waals surface area contributed by atoms with Crippen LogP contribution in [0.1, 0.15) is 5.56 Å². The van der Waals surface area contributed by atoms with Crippen LogP contribution in [0.25, 0.3) is 10.9 Å². The first-order chi connectivity index (χ1) is 10.7. The fourth-order valence-corrected chi connectivity index (χ4v) is 2.56. The fourth-order valence-electron chi connectivity index (χ4n) is 2.16. The number of nitriles is 1. The van der Waals surface area contributed by atoms with Gasteiger partial charge in [-0.25, -0.2) is 4.98 Å². The van der Waals surface area contributed by atoms with Crippen LogP contribution >= 0.6 is 15.9 Å². The second kappa shape index (κ2) is 6.04. The number of ether oxygens (including phenoxy) is 1. The maximum atomic E-state index is 9.35. The van der Waals surface area contributed by atoms with Gasteiger partial charge in [-0.3, -0.25) is 0 Å². The summed E-state index contributed by atoms with van der Waals surface area (Å²) in [5, 5.41) is 13.4. The Labute approximate surface area is 136 Å². The standard InChI is InChI=1S/C17H12BrN3O/c1-22-15-6-5-11-7-12(10-19)17(21-16(11)9-15)20-14-4-2-3-13(18)8-14/h2-9H,1H3,(H,20,21). The quantitative estimate of drug-likeness (QED) is 0.746. The molecule has 4 nitrogen and oxygen atoms in total. The first-order valence-electron chi connectivity index (χ1n) is 6.61. The molecule has 0 radical (unpaired) electrons. The molecule has 0 atom stereocenters. The maximum Gasteiger partial charge on any atom is 0.149 e. The van der Waals surface area contributed by atoms with Crippen LogP contribution in [0.15, 0.2) is 53.0 Å². The summed E-state index contributed by atoms with van der Waals surface area (Å²) in [4.78, 5) is 4.55. The van der Waals surface area contributed by atoms with Gasteiger partial charge in [0.2, 0.25) is 0 Å². The first kappa shape index (κ1) is 14.4. The van der Waals surface area contributed by atoms with Gasteiger partial charge in [0, 0.05) is 21.6 Å². The smallest absolute Gasteiger partial charge is 0.149 e. The third-order valence-corrected chi connectivity index (χ3v) is 3.73. The molecule has 0 saturated heterocycles. The molecule has 0 aliphatic carbocycles. The molecule has 108 valence electrons. The van der Waals surface area contributed by atoms with Crippen molar-refractivity contribution in [2.24, 2.45) is 0 Å². The van der Waals surface area contributed by atoms with Gasteiger partial charge in [0.05, 0.1) is 18.2 Å². The number of pyridine rings is 1. The van der Waals surface area contributed by atoms with E-state index in [0.29, 0.717) is 11.4 Å². The summed E-state index contributed by atoms with van der Waals surface area (Å²) in [5.74, 6) is 1.26. The van der Waals surface area contributed by atoms with E-state index in [1.54, 1.807) is 7.11 Å². The maximum absolute atomic E-state index is 9.35. The minimum Gasteiger partial charge on any atom is -0.497 e. The average molecular weight is 354 g/mol. The zero-order chi connectivity index (χ0) is 15.5. The van der Waals surface area contributed by atoms with Crippen LogP contribution in [0, 0.1) is 11.3 Å². The molecule has 0 bridgehead atoms. The molecular formula is C17H12BrN3O. The van der Waals surface area contributed by atoms with Crippen molar-refractivity contribution in [1.29, 1.82) is 5.26 Å². The van der Waals surface area contributed by atoms with Crippen molar-refractivity contribution < 1.29 is 4.74 Å². The van der Waals surface area contributed by atoms with E-state index in [0.717, 1.165) is 26.8 Å². The molecule has 5 heteroatoms.